The van der Waals surface area contributed by atoms with Gasteiger partial charge in [-0.1, -0.05) is 26.0 Å². The van der Waals surface area contributed by atoms with E-state index in [1.807, 2.05) is 27.7 Å². The monoisotopic (exact) mass is 364 g/mol. The number of nitrogens with two attached hydrogens (primary N) is 1. The maximum absolute atomic E-state index is 12.7. The molecule has 2 nitrogen and oxygen atoms in total. The number of rotatable bonds is 2. The predicted molar refractivity (Wildman–Crippen MR) is 102 cm³/mol. The van der Waals surface area contributed by atoms with E-state index in [0.29, 0.717) is 6.54 Å². The van der Waals surface area contributed by atoms with Crippen LogP contribution < -0.4 is 10.6 Å². The van der Waals surface area contributed by atoms with Crippen LogP contribution in [-0.2, 0) is 19.1 Å². The minimum Gasteiger partial charge on any atom is -0.398 e. The molecule has 0 aromatic heterocycles. The van der Waals surface area contributed by atoms with Crippen molar-refractivity contribution in [1.82, 2.24) is 0 Å². The molecule has 1 aliphatic rings. The molecule has 0 spiro atoms. The summed E-state index contributed by atoms with van der Waals surface area (Å²) in [5, 5.41) is 0. The van der Waals surface area contributed by atoms with Crippen molar-refractivity contribution in [1.29, 1.82) is 0 Å². The Bertz CT molecular complexity index is 749. The largest absolute Gasteiger partial charge is 0.416 e. The second-order valence-electron chi connectivity index (χ2n) is 6.45. The Morgan fingerprint density at radius 3 is 2.27 bits per heavy atom. The molecule has 0 atom stereocenters. The van der Waals surface area contributed by atoms with Gasteiger partial charge in [-0.05, 0) is 67.1 Å². The SMILES string of the molecule is CC.Cc1cc2c(c(C)c1N)CCCN2Cc1ccc(C(F)(F)F)cc1. The van der Waals surface area contributed by atoms with Crippen molar-refractivity contribution in [2.75, 3.05) is 17.2 Å². The van der Waals surface area contributed by atoms with Gasteiger partial charge >= 0.3 is 6.18 Å². The van der Waals surface area contributed by atoms with E-state index in [0.717, 1.165) is 59.6 Å². The van der Waals surface area contributed by atoms with E-state index in [-0.39, 0.29) is 0 Å². The molecule has 0 saturated heterocycles. The second kappa shape index (κ2) is 8.02. The first-order valence-electron chi connectivity index (χ1n) is 9.07. The second-order valence-corrected chi connectivity index (χ2v) is 6.45. The average Bonchev–Trinajstić information content (AvgIpc) is 2.62. The standard InChI is InChI=1S/C19H21F3N2.C2H6/c1-12-10-17-16(13(2)18(12)23)4-3-9-24(17)11-14-5-7-15(8-6-14)19(20,21)22;1-2/h5-8,10H,3-4,9,11,23H2,1-2H3;1-2H3. The molecule has 142 valence electrons. The molecule has 1 heterocycles. The Balaban J connectivity index is 0.00000117. The fourth-order valence-electron chi connectivity index (χ4n) is 3.37. The van der Waals surface area contributed by atoms with Gasteiger partial charge in [-0.2, -0.15) is 13.2 Å². The van der Waals surface area contributed by atoms with Gasteiger partial charge in [-0.25, -0.2) is 0 Å². The van der Waals surface area contributed by atoms with E-state index >= 15 is 0 Å². The first kappa shape index (κ1) is 20.1. The molecule has 3 rings (SSSR count). The van der Waals surface area contributed by atoms with Gasteiger partial charge in [0.05, 0.1) is 5.56 Å². The molecule has 5 heteroatoms. The van der Waals surface area contributed by atoms with Crippen LogP contribution in [0.1, 0.15) is 48.1 Å². The van der Waals surface area contributed by atoms with Gasteiger partial charge in [0, 0.05) is 24.5 Å². The van der Waals surface area contributed by atoms with Crippen LogP contribution in [-0.4, -0.2) is 6.54 Å². The third-order valence-electron chi connectivity index (χ3n) is 4.79. The Labute approximate surface area is 153 Å². The molecule has 0 radical (unpaired) electrons. The van der Waals surface area contributed by atoms with Crippen LogP contribution in [0.2, 0.25) is 0 Å². The van der Waals surface area contributed by atoms with Crippen molar-refractivity contribution in [2.45, 2.75) is 53.3 Å². The number of halogens is 3. The van der Waals surface area contributed by atoms with Crippen molar-refractivity contribution < 1.29 is 13.2 Å². The number of nitrogens with zero attached hydrogens (tertiary/aromatic N) is 1. The quantitative estimate of drug-likeness (QED) is 0.674. The molecular formula is C21H27F3N2. The zero-order valence-electron chi connectivity index (χ0n) is 15.9. The third kappa shape index (κ3) is 4.14. The number of nitrogen functional groups attached to an aromatic ring is 1. The molecule has 1 aliphatic heterocycles. The molecule has 2 N–H and O–H groups in total. The molecule has 0 unspecified atom stereocenters. The zero-order chi connectivity index (χ0) is 19.5. The lowest BCUT2D eigenvalue weighted by Gasteiger charge is -2.33. The highest BCUT2D eigenvalue weighted by Gasteiger charge is 2.30. The highest BCUT2D eigenvalue weighted by molar-refractivity contribution is 5.69. The van der Waals surface area contributed by atoms with E-state index in [4.69, 9.17) is 5.73 Å². The van der Waals surface area contributed by atoms with Crippen LogP contribution in [0.4, 0.5) is 24.5 Å². The first-order chi connectivity index (χ1) is 12.3. The van der Waals surface area contributed by atoms with Gasteiger partial charge in [0.25, 0.3) is 0 Å². The Morgan fingerprint density at radius 1 is 1.08 bits per heavy atom. The topological polar surface area (TPSA) is 29.3 Å². The molecule has 0 aliphatic carbocycles. The predicted octanol–water partition coefficient (Wildman–Crippen LogP) is 5.88. The van der Waals surface area contributed by atoms with Crippen molar-refractivity contribution in [3.8, 4) is 0 Å². The van der Waals surface area contributed by atoms with Crippen LogP contribution in [0.5, 0.6) is 0 Å². The van der Waals surface area contributed by atoms with Gasteiger partial charge in [-0.3, -0.25) is 0 Å². The highest BCUT2D eigenvalue weighted by Crippen LogP contribution is 2.36. The number of hydrogen-bond donors (Lipinski definition) is 1. The Morgan fingerprint density at radius 2 is 1.69 bits per heavy atom. The van der Waals surface area contributed by atoms with Crippen molar-refractivity contribution in [3.63, 3.8) is 0 Å². The van der Waals surface area contributed by atoms with Crippen LogP contribution in [0.3, 0.4) is 0 Å². The van der Waals surface area contributed by atoms with Gasteiger partial charge in [0.2, 0.25) is 0 Å². The molecule has 2 aromatic carbocycles. The summed E-state index contributed by atoms with van der Waals surface area (Å²) in [7, 11) is 0. The molecular weight excluding hydrogens is 337 g/mol. The normalized spacial score (nSPS) is 13.7. The maximum Gasteiger partial charge on any atom is 0.416 e. The van der Waals surface area contributed by atoms with Gasteiger partial charge in [-0.15, -0.1) is 0 Å². The molecule has 0 saturated carbocycles. The number of aryl methyl sites for hydroxylation is 1. The van der Waals surface area contributed by atoms with Crippen molar-refractivity contribution in [2.24, 2.45) is 0 Å². The number of fused-ring (bicyclic) bond motifs is 1. The lowest BCUT2D eigenvalue weighted by molar-refractivity contribution is -0.137. The van der Waals surface area contributed by atoms with E-state index in [9.17, 15) is 13.2 Å². The fraction of sp³-hybridized carbons (Fsp3) is 0.429. The summed E-state index contributed by atoms with van der Waals surface area (Å²) in [4.78, 5) is 2.24. The molecule has 0 bridgehead atoms. The van der Waals surface area contributed by atoms with Crippen molar-refractivity contribution in [3.05, 3.63) is 58.1 Å². The number of benzene rings is 2. The summed E-state index contributed by atoms with van der Waals surface area (Å²) in [5.74, 6) is 0. The minimum absolute atomic E-state index is 0.605. The lowest BCUT2D eigenvalue weighted by Crippen LogP contribution is -2.29. The van der Waals surface area contributed by atoms with E-state index in [2.05, 4.69) is 11.0 Å². The summed E-state index contributed by atoms with van der Waals surface area (Å²) in [6, 6.07) is 7.53. The maximum atomic E-state index is 12.7. The summed E-state index contributed by atoms with van der Waals surface area (Å²) >= 11 is 0. The van der Waals surface area contributed by atoms with E-state index < -0.39 is 11.7 Å². The first-order valence-corrected chi connectivity index (χ1v) is 9.07. The average molecular weight is 364 g/mol. The summed E-state index contributed by atoms with van der Waals surface area (Å²) in [6.07, 6.45) is -2.27. The van der Waals surface area contributed by atoms with Gasteiger partial charge < -0.3 is 10.6 Å². The van der Waals surface area contributed by atoms with E-state index in [1.165, 1.54) is 5.56 Å². The molecule has 0 fully saturated rings. The molecule has 26 heavy (non-hydrogen) atoms. The number of hydrogen-bond acceptors (Lipinski definition) is 2. The third-order valence-corrected chi connectivity index (χ3v) is 4.79. The number of anilines is 2. The molecule has 0 amide bonds. The zero-order valence-corrected chi connectivity index (χ0v) is 15.9. The molecule has 2 aromatic rings. The highest BCUT2D eigenvalue weighted by atomic mass is 19.4. The minimum atomic E-state index is -4.29. The Hall–Kier alpha value is -2.17. The van der Waals surface area contributed by atoms with Crippen LogP contribution in [0.25, 0.3) is 0 Å². The summed E-state index contributed by atoms with van der Waals surface area (Å²) in [6.45, 7) is 9.54. The van der Waals surface area contributed by atoms with Gasteiger partial charge in [0.1, 0.15) is 0 Å². The van der Waals surface area contributed by atoms with Crippen LogP contribution in [0.15, 0.2) is 30.3 Å². The smallest absolute Gasteiger partial charge is 0.398 e. The summed E-state index contributed by atoms with van der Waals surface area (Å²) < 4.78 is 38.0. The van der Waals surface area contributed by atoms with Crippen LogP contribution in [0, 0.1) is 13.8 Å². The van der Waals surface area contributed by atoms with Crippen LogP contribution >= 0.6 is 0 Å². The fourth-order valence-corrected chi connectivity index (χ4v) is 3.37. The summed E-state index contributed by atoms with van der Waals surface area (Å²) in [5.41, 5.74) is 11.8. The Kier molecular flexibility index (Phi) is 6.21. The lowest BCUT2D eigenvalue weighted by atomic mass is 9.93. The van der Waals surface area contributed by atoms with Crippen molar-refractivity contribution >= 4 is 11.4 Å². The number of alkyl halides is 3. The van der Waals surface area contributed by atoms with E-state index in [1.54, 1.807) is 12.1 Å². The van der Waals surface area contributed by atoms with Gasteiger partial charge in [0.15, 0.2) is 0 Å².